The number of phenols is 1. The van der Waals surface area contributed by atoms with Gasteiger partial charge in [0.05, 0.1) is 9.40 Å². The molecular formula is C16H22BrN3O4. The number of nitrogens with zero attached hydrogens (tertiary/aromatic N) is 2. The summed E-state index contributed by atoms with van der Waals surface area (Å²) in [6.07, 6.45) is 1.79. The molecule has 8 heteroatoms. The van der Waals surface area contributed by atoms with Crippen LogP contribution in [0.25, 0.3) is 0 Å². The highest BCUT2D eigenvalue weighted by Gasteiger charge is 2.34. The van der Waals surface area contributed by atoms with Crippen molar-refractivity contribution in [3.8, 4) is 5.75 Å². The first-order valence-electron chi connectivity index (χ1n) is 8.27. The molecule has 0 amide bonds. The van der Waals surface area contributed by atoms with Crippen molar-refractivity contribution in [2.45, 2.75) is 18.9 Å². The summed E-state index contributed by atoms with van der Waals surface area (Å²) in [4.78, 5) is 13.2. The molecule has 7 nitrogen and oxygen atoms in total. The Morgan fingerprint density at radius 2 is 2.00 bits per heavy atom. The van der Waals surface area contributed by atoms with Crippen molar-refractivity contribution < 1.29 is 14.8 Å². The monoisotopic (exact) mass is 399 g/mol. The lowest BCUT2D eigenvalue weighted by molar-refractivity contribution is -0.385. The standard InChI is InChI=1S/C16H22BrN3O4/c17-14-10-12(20(22)23)9-13(16(14)21)15(11-1-7-24-8-2-11)19-5-3-18-4-6-19/h9-11,15,18,21H,1-8H2/t15-/m1/s1. The lowest BCUT2D eigenvalue weighted by Gasteiger charge is -2.41. The molecule has 2 N–H and O–H groups in total. The summed E-state index contributed by atoms with van der Waals surface area (Å²) in [5.74, 6) is 0.423. The summed E-state index contributed by atoms with van der Waals surface area (Å²) < 4.78 is 5.85. The summed E-state index contributed by atoms with van der Waals surface area (Å²) in [5.41, 5.74) is 0.645. The van der Waals surface area contributed by atoms with Crippen LogP contribution in [0.1, 0.15) is 24.4 Å². The quantitative estimate of drug-likeness (QED) is 0.596. The molecule has 3 rings (SSSR count). The Labute approximate surface area is 149 Å². The van der Waals surface area contributed by atoms with Gasteiger partial charge in [-0.25, -0.2) is 0 Å². The van der Waals surface area contributed by atoms with Gasteiger partial charge in [-0.2, -0.15) is 0 Å². The number of piperazine rings is 1. The predicted octanol–water partition coefficient (Wildman–Crippen LogP) is 2.44. The molecule has 0 bridgehead atoms. The molecule has 2 aliphatic heterocycles. The highest BCUT2D eigenvalue weighted by Crippen LogP contribution is 2.43. The number of halogens is 1. The minimum Gasteiger partial charge on any atom is -0.506 e. The number of benzene rings is 1. The van der Waals surface area contributed by atoms with Crippen molar-refractivity contribution in [2.75, 3.05) is 39.4 Å². The van der Waals surface area contributed by atoms with E-state index in [4.69, 9.17) is 4.74 Å². The molecule has 0 spiro atoms. The van der Waals surface area contributed by atoms with Gasteiger partial charge in [0.2, 0.25) is 0 Å². The summed E-state index contributed by atoms with van der Waals surface area (Å²) in [5, 5.41) is 25.2. The number of nitro groups is 1. The fourth-order valence-corrected chi connectivity index (χ4v) is 4.14. The van der Waals surface area contributed by atoms with Gasteiger partial charge in [-0.1, -0.05) is 0 Å². The fourth-order valence-electron chi connectivity index (χ4n) is 3.68. The number of non-ortho nitro benzene ring substituents is 1. The Hall–Kier alpha value is -1.22. The minimum absolute atomic E-state index is 0.00173. The first-order valence-corrected chi connectivity index (χ1v) is 9.06. The number of phenolic OH excluding ortho intramolecular Hbond substituents is 1. The van der Waals surface area contributed by atoms with Crippen molar-refractivity contribution in [2.24, 2.45) is 5.92 Å². The van der Waals surface area contributed by atoms with E-state index in [1.54, 1.807) is 0 Å². The van der Waals surface area contributed by atoms with Crippen LogP contribution in [-0.2, 0) is 4.74 Å². The number of nitrogens with one attached hydrogen (secondary N) is 1. The van der Waals surface area contributed by atoms with Crippen LogP contribution in [0.4, 0.5) is 5.69 Å². The number of hydrogen-bond donors (Lipinski definition) is 2. The Balaban J connectivity index is 2.01. The maximum absolute atomic E-state index is 11.3. The first kappa shape index (κ1) is 17.6. The molecule has 1 atom stereocenters. The molecule has 1 aromatic carbocycles. The largest absolute Gasteiger partial charge is 0.506 e. The van der Waals surface area contributed by atoms with Gasteiger partial charge in [0.25, 0.3) is 5.69 Å². The third kappa shape index (κ3) is 3.72. The maximum Gasteiger partial charge on any atom is 0.271 e. The molecule has 2 fully saturated rings. The van der Waals surface area contributed by atoms with E-state index in [1.807, 2.05) is 0 Å². The number of aromatic hydroxyl groups is 1. The van der Waals surface area contributed by atoms with E-state index in [-0.39, 0.29) is 17.5 Å². The van der Waals surface area contributed by atoms with Crippen molar-refractivity contribution in [1.29, 1.82) is 0 Å². The third-order valence-corrected chi connectivity index (χ3v) is 5.47. The van der Waals surface area contributed by atoms with Gasteiger partial charge in [0.1, 0.15) is 5.75 Å². The summed E-state index contributed by atoms with van der Waals surface area (Å²) >= 11 is 3.27. The number of nitro benzene ring substituents is 1. The smallest absolute Gasteiger partial charge is 0.271 e. The molecule has 0 aromatic heterocycles. The van der Waals surface area contributed by atoms with Gasteiger partial charge in [0, 0.05) is 63.1 Å². The minimum atomic E-state index is -0.410. The molecule has 132 valence electrons. The van der Waals surface area contributed by atoms with Gasteiger partial charge in [-0.3, -0.25) is 15.0 Å². The van der Waals surface area contributed by atoms with Crippen molar-refractivity contribution in [1.82, 2.24) is 10.2 Å². The Morgan fingerprint density at radius 3 is 2.62 bits per heavy atom. The second-order valence-electron chi connectivity index (χ2n) is 6.30. The summed E-state index contributed by atoms with van der Waals surface area (Å²) in [6, 6.07) is 2.85. The normalized spacial score (nSPS) is 21.5. The van der Waals surface area contributed by atoms with Crippen LogP contribution in [0, 0.1) is 16.0 Å². The highest BCUT2D eigenvalue weighted by atomic mass is 79.9. The molecular weight excluding hydrogens is 378 g/mol. The van der Waals surface area contributed by atoms with Gasteiger partial charge in [-0.05, 0) is 34.7 Å². The van der Waals surface area contributed by atoms with Gasteiger partial charge < -0.3 is 15.2 Å². The fraction of sp³-hybridized carbons (Fsp3) is 0.625. The molecule has 2 aliphatic rings. The van der Waals surface area contributed by atoms with E-state index in [0.717, 1.165) is 39.0 Å². The summed E-state index contributed by atoms with van der Waals surface area (Å²) in [7, 11) is 0. The van der Waals surface area contributed by atoms with Crippen LogP contribution < -0.4 is 5.32 Å². The van der Waals surface area contributed by atoms with Crippen molar-refractivity contribution in [3.63, 3.8) is 0 Å². The van der Waals surface area contributed by atoms with E-state index < -0.39 is 4.92 Å². The molecule has 0 unspecified atom stereocenters. The zero-order chi connectivity index (χ0) is 17.1. The number of ether oxygens (including phenoxy) is 1. The number of hydrogen-bond acceptors (Lipinski definition) is 6. The van der Waals surface area contributed by atoms with E-state index >= 15 is 0 Å². The lowest BCUT2D eigenvalue weighted by Crippen LogP contribution is -2.47. The van der Waals surface area contributed by atoms with Crippen molar-refractivity contribution in [3.05, 3.63) is 32.3 Å². The zero-order valence-electron chi connectivity index (χ0n) is 13.4. The molecule has 0 aliphatic carbocycles. The third-order valence-electron chi connectivity index (χ3n) is 4.86. The summed E-state index contributed by atoms with van der Waals surface area (Å²) in [6.45, 7) is 4.89. The maximum atomic E-state index is 11.3. The average Bonchev–Trinajstić information content (AvgIpc) is 2.60. The van der Waals surface area contributed by atoms with Crippen LogP contribution >= 0.6 is 15.9 Å². The Kier molecular flexibility index (Phi) is 5.70. The van der Waals surface area contributed by atoms with Crippen LogP contribution in [-0.4, -0.2) is 54.3 Å². The van der Waals surface area contributed by atoms with Crippen LogP contribution in [0.2, 0.25) is 0 Å². The van der Waals surface area contributed by atoms with E-state index in [2.05, 4.69) is 26.1 Å². The van der Waals surface area contributed by atoms with Gasteiger partial charge in [0.15, 0.2) is 0 Å². The van der Waals surface area contributed by atoms with Crippen LogP contribution in [0.5, 0.6) is 5.75 Å². The SMILES string of the molecule is O=[N+]([O-])c1cc(Br)c(O)c([C@@H](C2CCOCC2)N2CCNCC2)c1. The average molecular weight is 400 g/mol. The predicted molar refractivity (Wildman–Crippen MR) is 93.2 cm³/mol. The Bertz CT molecular complexity index is 583. The number of rotatable bonds is 4. The zero-order valence-corrected chi connectivity index (χ0v) is 15.0. The van der Waals surface area contributed by atoms with E-state index in [0.29, 0.717) is 29.2 Å². The molecule has 24 heavy (non-hydrogen) atoms. The lowest BCUT2D eigenvalue weighted by atomic mass is 9.85. The molecule has 2 heterocycles. The second kappa shape index (κ2) is 7.77. The van der Waals surface area contributed by atoms with Gasteiger partial charge >= 0.3 is 0 Å². The van der Waals surface area contributed by atoms with Crippen LogP contribution in [0.15, 0.2) is 16.6 Å². The molecule has 0 radical (unpaired) electrons. The molecule has 0 saturated carbocycles. The topological polar surface area (TPSA) is 87.9 Å². The van der Waals surface area contributed by atoms with E-state index in [1.165, 1.54) is 12.1 Å². The molecule has 2 saturated heterocycles. The second-order valence-corrected chi connectivity index (χ2v) is 7.16. The van der Waals surface area contributed by atoms with E-state index in [9.17, 15) is 15.2 Å². The highest BCUT2D eigenvalue weighted by molar-refractivity contribution is 9.10. The van der Waals surface area contributed by atoms with Crippen LogP contribution in [0.3, 0.4) is 0 Å². The Morgan fingerprint density at radius 1 is 1.33 bits per heavy atom. The van der Waals surface area contributed by atoms with Crippen molar-refractivity contribution >= 4 is 21.6 Å². The first-order chi connectivity index (χ1) is 11.6. The van der Waals surface area contributed by atoms with Gasteiger partial charge in [-0.15, -0.1) is 0 Å². The molecule has 1 aromatic rings.